The van der Waals surface area contributed by atoms with Gasteiger partial charge >= 0.3 is 5.97 Å². The molecule has 0 radical (unpaired) electrons. The van der Waals surface area contributed by atoms with Crippen molar-refractivity contribution in [2.75, 3.05) is 11.9 Å². The van der Waals surface area contributed by atoms with Gasteiger partial charge in [0.15, 0.2) is 0 Å². The summed E-state index contributed by atoms with van der Waals surface area (Å²) in [7, 11) is 0. The summed E-state index contributed by atoms with van der Waals surface area (Å²) in [6.07, 6.45) is 1.32. The van der Waals surface area contributed by atoms with Crippen molar-refractivity contribution in [2.45, 2.75) is 6.92 Å². The van der Waals surface area contributed by atoms with Crippen molar-refractivity contribution in [3.63, 3.8) is 0 Å². The van der Waals surface area contributed by atoms with E-state index in [4.69, 9.17) is 5.11 Å². The van der Waals surface area contributed by atoms with Crippen molar-refractivity contribution < 1.29 is 9.90 Å². The molecule has 0 atom stereocenters. The standard InChI is InChI=1S/C8H9BrN2O2/c1-2-10-7-6(9)3-5(4-11-7)8(12)13/h3-4H,2H2,1H3,(H,10,11)(H,12,13). The van der Waals surface area contributed by atoms with Crippen LogP contribution in [0.4, 0.5) is 5.82 Å². The lowest BCUT2D eigenvalue weighted by Crippen LogP contribution is -2.03. The molecule has 13 heavy (non-hydrogen) atoms. The number of aromatic carboxylic acids is 1. The molecule has 70 valence electrons. The highest BCUT2D eigenvalue weighted by atomic mass is 79.9. The van der Waals surface area contributed by atoms with Gasteiger partial charge in [-0.1, -0.05) is 0 Å². The van der Waals surface area contributed by atoms with Crippen molar-refractivity contribution in [1.29, 1.82) is 0 Å². The summed E-state index contributed by atoms with van der Waals surface area (Å²) in [6.45, 7) is 2.69. The number of anilines is 1. The van der Waals surface area contributed by atoms with E-state index < -0.39 is 5.97 Å². The number of aromatic nitrogens is 1. The van der Waals surface area contributed by atoms with Crippen molar-refractivity contribution in [2.24, 2.45) is 0 Å². The summed E-state index contributed by atoms with van der Waals surface area (Å²) in [5, 5.41) is 11.6. The molecule has 0 aliphatic heterocycles. The normalized spacial score (nSPS) is 9.69. The molecule has 0 aromatic carbocycles. The Balaban J connectivity index is 2.98. The molecule has 0 saturated carbocycles. The minimum absolute atomic E-state index is 0.175. The fourth-order valence-electron chi connectivity index (χ4n) is 0.852. The molecular weight excluding hydrogens is 236 g/mol. The molecule has 0 spiro atoms. The van der Waals surface area contributed by atoms with E-state index in [9.17, 15) is 4.79 Å². The number of pyridine rings is 1. The number of nitrogens with zero attached hydrogens (tertiary/aromatic N) is 1. The molecule has 2 N–H and O–H groups in total. The Morgan fingerprint density at radius 2 is 2.46 bits per heavy atom. The molecule has 0 aliphatic rings. The second kappa shape index (κ2) is 4.23. The van der Waals surface area contributed by atoms with Gasteiger partial charge in [-0.25, -0.2) is 9.78 Å². The van der Waals surface area contributed by atoms with Gasteiger partial charge in [0.1, 0.15) is 5.82 Å². The number of carbonyl (C=O) groups is 1. The molecule has 0 unspecified atom stereocenters. The zero-order valence-corrected chi connectivity index (χ0v) is 8.63. The van der Waals surface area contributed by atoms with E-state index in [0.29, 0.717) is 10.3 Å². The van der Waals surface area contributed by atoms with E-state index in [1.54, 1.807) is 0 Å². The largest absolute Gasteiger partial charge is 0.478 e. The highest BCUT2D eigenvalue weighted by Crippen LogP contribution is 2.20. The van der Waals surface area contributed by atoms with Gasteiger partial charge in [0.2, 0.25) is 0 Å². The van der Waals surface area contributed by atoms with Gasteiger partial charge in [-0.05, 0) is 28.9 Å². The molecule has 1 heterocycles. The van der Waals surface area contributed by atoms with Gasteiger partial charge in [0.05, 0.1) is 10.0 Å². The van der Waals surface area contributed by atoms with Crippen LogP contribution in [0.2, 0.25) is 0 Å². The van der Waals surface area contributed by atoms with Gasteiger partial charge in [0, 0.05) is 12.7 Å². The maximum atomic E-state index is 10.5. The van der Waals surface area contributed by atoms with Crippen molar-refractivity contribution >= 4 is 27.7 Å². The van der Waals surface area contributed by atoms with E-state index in [1.165, 1.54) is 12.3 Å². The lowest BCUT2D eigenvalue weighted by Gasteiger charge is -2.04. The lowest BCUT2D eigenvalue weighted by molar-refractivity contribution is 0.0696. The first-order valence-electron chi connectivity index (χ1n) is 3.78. The first kappa shape index (κ1) is 9.98. The predicted molar refractivity (Wildman–Crippen MR) is 53.1 cm³/mol. The lowest BCUT2D eigenvalue weighted by atomic mass is 10.3. The second-order valence-corrected chi connectivity index (χ2v) is 3.24. The van der Waals surface area contributed by atoms with Gasteiger partial charge in [-0.15, -0.1) is 0 Å². The Labute approximate surface area is 84.1 Å². The van der Waals surface area contributed by atoms with Crippen LogP contribution >= 0.6 is 15.9 Å². The van der Waals surface area contributed by atoms with Crippen molar-refractivity contribution in [3.8, 4) is 0 Å². The molecule has 0 aliphatic carbocycles. The quantitative estimate of drug-likeness (QED) is 0.854. The van der Waals surface area contributed by atoms with Crippen LogP contribution in [-0.4, -0.2) is 22.6 Å². The van der Waals surface area contributed by atoms with E-state index in [2.05, 4.69) is 26.2 Å². The highest BCUT2D eigenvalue weighted by molar-refractivity contribution is 9.10. The summed E-state index contributed by atoms with van der Waals surface area (Å²) in [4.78, 5) is 14.5. The smallest absolute Gasteiger partial charge is 0.337 e. The van der Waals surface area contributed by atoms with Crippen LogP contribution in [-0.2, 0) is 0 Å². The molecule has 5 heteroatoms. The third-order valence-corrected chi connectivity index (χ3v) is 2.04. The van der Waals surface area contributed by atoms with Crippen LogP contribution in [0.1, 0.15) is 17.3 Å². The van der Waals surface area contributed by atoms with Gasteiger partial charge in [0.25, 0.3) is 0 Å². The number of halogens is 1. The van der Waals surface area contributed by atoms with Crippen LogP contribution in [0, 0.1) is 0 Å². The molecule has 0 fully saturated rings. The molecule has 1 aromatic rings. The Bertz CT molecular complexity index is 328. The second-order valence-electron chi connectivity index (χ2n) is 2.39. The minimum Gasteiger partial charge on any atom is -0.478 e. The van der Waals surface area contributed by atoms with Crippen LogP contribution in [0.3, 0.4) is 0 Å². The molecular formula is C8H9BrN2O2. The number of carboxylic acids is 1. The van der Waals surface area contributed by atoms with E-state index in [0.717, 1.165) is 6.54 Å². The molecule has 0 amide bonds. The summed E-state index contributed by atoms with van der Waals surface area (Å²) >= 11 is 3.23. The van der Waals surface area contributed by atoms with E-state index in [-0.39, 0.29) is 5.56 Å². The Morgan fingerprint density at radius 3 is 2.92 bits per heavy atom. The monoisotopic (exact) mass is 244 g/mol. The van der Waals surface area contributed by atoms with Crippen LogP contribution < -0.4 is 5.32 Å². The van der Waals surface area contributed by atoms with Crippen LogP contribution in [0.5, 0.6) is 0 Å². The fourth-order valence-corrected chi connectivity index (χ4v) is 1.34. The number of rotatable bonds is 3. The topological polar surface area (TPSA) is 62.2 Å². The van der Waals surface area contributed by atoms with E-state index in [1.807, 2.05) is 6.92 Å². The fraction of sp³-hybridized carbons (Fsp3) is 0.250. The molecule has 0 saturated heterocycles. The van der Waals surface area contributed by atoms with Crippen LogP contribution in [0.15, 0.2) is 16.7 Å². The van der Waals surface area contributed by atoms with Gasteiger partial charge < -0.3 is 10.4 Å². The number of nitrogens with one attached hydrogen (secondary N) is 1. The van der Waals surface area contributed by atoms with Crippen molar-refractivity contribution in [1.82, 2.24) is 4.98 Å². The predicted octanol–water partition coefficient (Wildman–Crippen LogP) is 1.97. The van der Waals surface area contributed by atoms with Gasteiger partial charge in [-0.2, -0.15) is 0 Å². The highest BCUT2D eigenvalue weighted by Gasteiger charge is 2.06. The molecule has 1 rings (SSSR count). The summed E-state index contributed by atoms with van der Waals surface area (Å²) in [6, 6.07) is 1.52. The van der Waals surface area contributed by atoms with Gasteiger partial charge in [-0.3, -0.25) is 0 Å². The third-order valence-electron chi connectivity index (χ3n) is 1.43. The maximum Gasteiger partial charge on any atom is 0.337 e. The van der Waals surface area contributed by atoms with Crippen LogP contribution in [0.25, 0.3) is 0 Å². The minimum atomic E-state index is -0.976. The third kappa shape index (κ3) is 2.42. The first-order valence-corrected chi connectivity index (χ1v) is 4.57. The molecule has 0 bridgehead atoms. The van der Waals surface area contributed by atoms with Crippen molar-refractivity contribution in [3.05, 3.63) is 22.3 Å². The average Bonchev–Trinajstić information content (AvgIpc) is 2.08. The zero-order chi connectivity index (χ0) is 9.84. The maximum absolute atomic E-state index is 10.5. The molecule has 4 nitrogen and oxygen atoms in total. The zero-order valence-electron chi connectivity index (χ0n) is 7.04. The number of hydrogen-bond donors (Lipinski definition) is 2. The van der Waals surface area contributed by atoms with E-state index >= 15 is 0 Å². The average molecular weight is 245 g/mol. The Kier molecular flexibility index (Phi) is 3.25. The number of hydrogen-bond acceptors (Lipinski definition) is 3. The summed E-state index contributed by atoms with van der Waals surface area (Å²) < 4.78 is 0.661. The number of carboxylic acid groups (broad SMARTS) is 1. The first-order chi connectivity index (χ1) is 6.15. The summed E-state index contributed by atoms with van der Waals surface area (Å²) in [5.41, 5.74) is 0.175. The SMILES string of the molecule is CCNc1ncc(C(=O)O)cc1Br. The summed E-state index contributed by atoms with van der Waals surface area (Å²) in [5.74, 6) is -0.316. The Morgan fingerprint density at radius 1 is 1.77 bits per heavy atom. The Hall–Kier alpha value is -1.10. The molecule has 1 aromatic heterocycles.